The summed E-state index contributed by atoms with van der Waals surface area (Å²) >= 11 is 0. The number of hydrogen-bond acceptors (Lipinski definition) is 3. The number of Topliss-reactive ketones (excluding diaryl/α,β-unsaturated/α-hetero) is 1. The summed E-state index contributed by atoms with van der Waals surface area (Å²) in [6.07, 6.45) is 3.36. The van der Waals surface area contributed by atoms with Crippen LogP contribution in [0.25, 0.3) is 0 Å². The first-order chi connectivity index (χ1) is 7.56. The van der Waals surface area contributed by atoms with Gasteiger partial charge in [0.15, 0.2) is 5.78 Å². The zero-order valence-electron chi connectivity index (χ0n) is 9.74. The number of nitrogens with zero attached hydrogens (tertiary/aromatic N) is 1. The molecule has 2 radical (unpaired) electrons. The van der Waals surface area contributed by atoms with Gasteiger partial charge in [-0.25, -0.2) is 4.79 Å². The summed E-state index contributed by atoms with van der Waals surface area (Å²) in [5.74, 6) is 0.00729. The monoisotopic (exact) mass is 221 g/mol. The van der Waals surface area contributed by atoms with Crippen molar-refractivity contribution in [3.05, 3.63) is 17.6 Å². The Hall–Kier alpha value is -1.32. The summed E-state index contributed by atoms with van der Waals surface area (Å²) in [6, 6.07) is -0.00333. The first kappa shape index (κ1) is 11.2. The van der Waals surface area contributed by atoms with Gasteiger partial charge in [-0.05, 0) is 31.4 Å². The van der Waals surface area contributed by atoms with Crippen LogP contribution in [0.3, 0.4) is 0 Å². The number of carbonyl (C=O) groups excluding carboxylic acids is 2. The summed E-state index contributed by atoms with van der Waals surface area (Å²) in [5, 5.41) is 0. The number of ketones is 1. The molecule has 0 saturated carbocycles. The van der Waals surface area contributed by atoms with Gasteiger partial charge in [-0.2, -0.15) is 0 Å². The second-order valence-corrected chi connectivity index (χ2v) is 4.28. The molecule has 1 aliphatic heterocycles. The molecule has 1 saturated heterocycles. The third kappa shape index (κ3) is 1.52. The van der Waals surface area contributed by atoms with E-state index in [0.717, 1.165) is 11.1 Å². The Kier molecular flexibility index (Phi) is 2.74. The molecule has 1 amide bonds. The Morgan fingerprint density at radius 3 is 2.81 bits per heavy atom. The fourth-order valence-electron chi connectivity index (χ4n) is 2.38. The third-order valence-electron chi connectivity index (χ3n) is 3.53. The van der Waals surface area contributed by atoms with Gasteiger partial charge >= 0.3 is 6.09 Å². The van der Waals surface area contributed by atoms with E-state index in [1.807, 2.05) is 13.8 Å². The maximum absolute atomic E-state index is 11.8. The summed E-state index contributed by atoms with van der Waals surface area (Å²) in [4.78, 5) is 25.0. The van der Waals surface area contributed by atoms with Gasteiger partial charge in [-0.15, -0.1) is 0 Å². The number of carbonyl (C=O) groups is 2. The van der Waals surface area contributed by atoms with E-state index in [4.69, 9.17) is 4.74 Å². The predicted molar refractivity (Wildman–Crippen MR) is 57.6 cm³/mol. The first-order valence-corrected chi connectivity index (χ1v) is 5.35. The highest BCUT2D eigenvalue weighted by Crippen LogP contribution is 2.35. The van der Waals surface area contributed by atoms with Gasteiger partial charge < -0.3 is 9.64 Å². The third-order valence-corrected chi connectivity index (χ3v) is 3.53. The average Bonchev–Trinajstić information content (AvgIpc) is 2.33. The zero-order valence-corrected chi connectivity index (χ0v) is 9.74. The second-order valence-electron chi connectivity index (χ2n) is 4.28. The summed E-state index contributed by atoms with van der Waals surface area (Å²) in [6.45, 7) is 4.10. The molecule has 4 heteroatoms. The zero-order chi connectivity index (χ0) is 11.9. The van der Waals surface area contributed by atoms with E-state index >= 15 is 0 Å². The predicted octanol–water partition coefficient (Wildman–Crippen LogP) is 1.44. The van der Waals surface area contributed by atoms with Crippen molar-refractivity contribution in [3.8, 4) is 0 Å². The lowest BCUT2D eigenvalue weighted by molar-refractivity contribution is -0.120. The van der Waals surface area contributed by atoms with Crippen molar-refractivity contribution in [1.82, 2.24) is 4.90 Å². The van der Waals surface area contributed by atoms with E-state index in [9.17, 15) is 9.59 Å². The van der Waals surface area contributed by atoms with Crippen LogP contribution in [-0.4, -0.2) is 36.5 Å². The molecule has 0 aromatic carbocycles. The van der Waals surface area contributed by atoms with Gasteiger partial charge in [0.25, 0.3) is 0 Å². The molecule has 2 unspecified atom stereocenters. The highest BCUT2D eigenvalue weighted by atomic mass is 16.5. The van der Waals surface area contributed by atoms with Crippen LogP contribution in [0.4, 0.5) is 4.79 Å². The summed E-state index contributed by atoms with van der Waals surface area (Å²) in [5.41, 5.74) is 1.75. The molecular formula is C12H15NO3. The molecule has 2 aliphatic rings. The van der Waals surface area contributed by atoms with Crippen LogP contribution in [0.1, 0.15) is 20.3 Å². The van der Waals surface area contributed by atoms with Crippen LogP contribution in [0, 0.1) is 12.3 Å². The molecule has 2 atom stereocenters. The Bertz CT molecular complexity index is 372. The van der Waals surface area contributed by atoms with Crippen molar-refractivity contribution in [1.29, 1.82) is 0 Å². The van der Waals surface area contributed by atoms with Gasteiger partial charge in [0.1, 0.15) is 0 Å². The number of methoxy groups -OCH3 is 1. The lowest BCUT2D eigenvalue weighted by atomic mass is 9.76. The van der Waals surface area contributed by atoms with Gasteiger partial charge in [0.05, 0.1) is 13.2 Å². The lowest BCUT2D eigenvalue weighted by Gasteiger charge is -2.42. The SMILES string of the molecule is COC(=O)N1C[C]C2CC1C(C)=C(C)C2=O. The van der Waals surface area contributed by atoms with Gasteiger partial charge in [-0.3, -0.25) is 4.79 Å². The molecule has 4 nitrogen and oxygen atoms in total. The first-order valence-electron chi connectivity index (χ1n) is 5.35. The van der Waals surface area contributed by atoms with Crippen LogP contribution in [-0.2, 0) is 9.53 Å². The molecule has 86 valence electrons. The van der Waals surface area contributed by atoms with Crippen molar-refractivity contribution in [2.75, 3.05) is 13.7 Å². The standard InChI is InChI=1S/C12H15NO3/c1-7-8(2)11(14)9-4-5-13(10(7)6-9)12(15)16-3/h9-10H,5-6H2,1-3H3. The van der Waals surface area contributed by atoms with E-state index < -0.39 is 0 Å². The molecule has 0 aromatic rings. The number of piperidine rings is 1. The minimum atomic E-state index is -0.350. The summed E-state index contributed by atoms with van der Waals surface area (Å²) in [7, 11) is 1.37. The quantitative estimate of drug-likeness (QED) is 0.622. The number of rotatable bonds is 0. The maximum atomic E-state index is 11.8. The van der Waals surface area contributed by atoms with E-state index in [-0.39, 0.29) is 23.8 Å². The highest BCUT2D eigenvalue weighted by Gasteiger charge is 2.41. The van der Waals surface area contributed by atoms with Gasteiger partial charge in [0, 0.05) is 18.9 Å². The molecule has 2 bridgehead atoms. The maximum Gasteiger partial charge on any atom is 0.410 e. The largest absolute Gasteiger partial charge is 0.453 e. The molecule has 1 fully saturated rings. The fourth-order valence-corrected chi connectivity index (χ4v) is 2.38. The van der Waals surface area contributed by atoms with Crippen LogP contribution in [0.5, 0.6) is 0 Å². The molecule has 1 heterocycles. The second kappa shape index (κ2) is 3.92. The van der Waals surface area contributed by atoms with Gasteiger partial charge in [-0.1, -0.05) is 0 Å². The molecule has 0 spiro atoms. The van der Waals surface area contributed by atoms with Crippen molar-refractivity contribution >= 4 is 11.9 Å². The number of ether oxygens (including phenoxy) is 1. The Morgan fingerprint density at radius 1 is 1.50 bits per heavy atom. The Morgan fingerprint density at radius 2 is 2.19 bits per heavy atom. The molecule has 2 rings (SSSR count). The van der Waals surface area contributed by atoms with E-state index in [2.05, 4.69) is 6.42 Å². The van der Waals surface area contributed by atoms with Crippen molar-refractivity contribution in [2.24, 2.45) is 5.92 Å². The smallest absolute Gasteiger partial charge is 0.410 e. The Balaban J connectivity index is 2.32. The normalized spacial score (nSPS) is 29.4. The number of allylic oxidation sites excluding steroid dienone is 1. The van der Waals surface area contributed by atoms with E-state index in [1.54, 1.807) is 4.90 Å². The van der Waals surface area contributed by atoms with E-state index in [0.29, 0.717) is 13.0 Å². The van der Waals surface area contributed by atoms with Crippen LogP contribution in [0.2, 0.25) is 0 Å². The lowest BCUT2D eigenvalue weighted by Crippen LogP contribution is -2.51. The minimum absolute atomic E-state index is 0.00333. The van der Waals surface area contributed by atoms with Crippen molar-refractivity contribution in [3.63, 3.8) is 0 Å². The summed E-state index contributed by atoms with van der Waals surface area (Å²) < 4.78 is 4.73. The number of amides is 1. The molecule has 16 heavy (non-hydrogen) atoms. The number of hydrogen-bond donors (Lipinski definition) is 0. The molecule has 1 aliphatic carbocycles. The fraction of sp³-hybridized carbons (Fsp3) is 0.583. The molecule has 0 N–H and O–H groups in total. The van der Waals surface area contributed by atoms with E-state index in [1.165, 1.54) is 7.11 Å². The van der Waals surface area contributed by atoms with Crippen molar-refractivity contribution < 1.29 is 14.3 Å². The van der Waals surface area contributed by atoms with Crippen LogP contribution >= 0.6 is 0 Å². The molecular weight excluding hydrogens is 206 g/mol. The molecule has 0 aromatic heterocycles. The van der Waals surface area contributed by atoms with Crippen LogP contribution < -0.4 is 0 Å². The number of likely N-dealkylation sites (tertiary alicyclic amines) is 1. The minimum Gasteiger partial charge on any atom is -0.453 e. The number of fused-ring (bicyclic) bond motifs is 2. The topological polar surface area (TPSA) is 46.6 Å². The van der Waals surface area contributed by atoms with Gasteiger partial charge in [0.2, 0.25) is 0 Å². The van der Waals surface area contributed by atoms with Crippen LogP contribution in [0.15, 0.2) is 11.1 Å². The Labute approximate surface area is 95.2 Å². The highest BCUT2D eigenvalue weighted by molar-refractivity contribution is 5.99. The van der Waals surface area contributed by atoms with Crippen molar-refractivity contribution in [2.45, 2.75) is 26.3 Å². The average molecular weight is 221 g/mol.